The van der Waals surface area contributed by atoms with Crippen molar-refractivity contribution in [1.29, 1.82) is 0 Å². The van der Waals surface area contributed by atoms with Gasteiger partial charge in [-0.2, -0.15) is 0 Å². The minimum Gasteiger partial charge on any atom is -0.465 e. The highest BCUT2D eigenvalue weighted by atomic mass is 32.2. The van der Waals surface area contributed by atoms with Crippen LogP contribution in [0.5, 0.6) is 0 Å². The molecule has 1 N–H and O–H groups in total. The molecule has 1 heterocycles. The van der Waals surface area contributed by atoms with Crippen LogP contribution in [-0.4, -0.2) is 35.9 Å². The summed E-state index contributed by atoms with van der Waals surface area (Å²) in [7, 11) is 0. The summed E-state index contributed by atoms with van der Waals surface area (Å²) < 4.78 is 10.6. The zero-order valence-corrected chi connectivity index (χ0v) is 12.4. The van der Waals surface area contributed by atoms with Crippen molar-refractivity contribution < 1.29 is 13.9 Å². The normalized spacial score (nSPS) is 12.5. The highest BCUT2D eigenvalue weighted by Gasteiger charge is 2.20. The van der Waals surface area contributed by atoms with Crippen LogP contribution in [0.25, 0.3) is 11.1 Å². The molecule has 20 heavy (non-hydrogen) atoms. The summed E-state index contributed by atoms with van der Waals surface area (Å²) >= 11 is 1.41. The molecule has 0 saturated carbocycles. The van der Waals surface area contributed by atoms with Crippen LogP contribution in [0.4, 0.5) is 0 Å². The lowest BCUT2D eigenvalue weighted by Crippen LogP contribution is -2.40. The van der Waals surface area contributed by atoms with E-state index in [-0.39, 0.29) is 12.0 Å². The van der Waals surface area contributed by atoms with Crippen LogP contribution in [0.2, 0.25) is 0 Å². The maximum absolute atomic E-state index is 11.8. The van der Waals surface area contributed by atoms with Gasteiger partial charge >= 0.3 is 5.97 Å². The molecule has 0 radical (unpaired) electrons. The molecule has 2 rings (SSSR count). The highest BCUT2D eigenvalue weighted by Crippen LogP contribution is 2.23. The number of hydrogen-bond donors (Lipinski definition) is 1. The molecule has 2 aromatic rings. The second-order valence-corrected chi connectivity index (χ2v) is 5.09. The molecule has 0 saturated heterocycles. The number of para-hydroxylation sites is 2. The first kappa shape index (κ1) is 14.9. The van der Waals surface area contributed by atoms with Gasteiger partial charge in [-0.3, -0.25) is 4.79 Å². The number of esters is 1. The van der Waals surface area contributed by atoms with Crippen LogP contribution in [0.1, 0.15) is 13.8 Å². The third-order valence-corrected chi connectivity index (χ3v) is 3.59. The maximum atomic E-state index is 11.8. The Morgan fingerprint density at radius 3 is 2.95 bits per heavy atom. The molecular weight excluding hydrogens is 276 g/mol. The van der Waals surface area contributed by atoms with Crippen molar-refractivity contribution in [3.8, 4) is 0 Å². The Morgan fingerprint density at radius 2 is 2.25 bits per heavy atom. The van der Waals surface area contributed by atoms with E-state index in [9.17, 15) is 4.79 Å². The monoisotopic (exact) mass is 294 g/mol. The third-order valence-electron chi connectivity index (χ3n) is 2.67. The lowest BCUT2D eigenvalue weighted by molar-refractivity contribution is -0.144. The van der Waals surface area contributed by atoms with Gasteiger partial charge in [0.1, 0.15) is 11.6 Å². The molecule has 6 heteroatoms. The molecule has 0 aliphatic heterocycles. The van der Waals surface area contributed by atoms with Crippen LogP contribution in [0, 0.1) is 0 Å². The molecular formula is C14H18N2O3S. The minimum atomic E-state index is -0.347. The van der Waals surface area contributed by atoms with Crippen molar-refractivity contribution in [2.45, 2.75) is 25.1 Å². The van der Waals surface area contributed by atoms with Crippen LogP contribution in [0.15, 0.2) is 33.9 Å². The summed E-state index contributed by atoms with van der Waals surface area (Å²) in [5.41, 5.74) is 1.58. The lowest BCUT2D eigenvalue weighted by atomic mass is 10.3. The SMILES string of the molecule is CCNC(CSc1nc2ccccc2o1)C(=O)OCC. The Hall–Kier alpha value is -1.53. The zero-order chi connectivity index (χ0) is 14.4. The highest BCUT2D eigenvalue weighted by molar-refractivity contribution is 7.99. The number of fused-ring (bicyclic) bond motifs is 1. The van der Waals surface area contributed by atoms with E-state index in [0.717, 1.165) is 11.1 Å². The van der Waals surface area contributed by atoms with Crippen LogP contribution >= 0.6 is 11.8 Å². The average molecular weight is 294 g/mol. The third kappa shape index (κ3) is 3.74. The van der Waals surface area contributed by atoms with Gasteiger partial charge in [-0.15, -0.1) is 0 Å². The van der Waals surface area contributed by atoms with Gasteiger partial charge in [-0.25, -0.2) is 4.98 Å². The van der Waals surface area contributed by atoms with E-state index in [2.05, 4.69) is 10.3 Å². The van der Waals surface area contributed by atoms with Crippen molar-refractivity contribution in [2.24, 2.45) is 0 Å². The number of nitrogens with one attached hydrogen (secondary N) is 1. The van der Waals surface area contributed by atoms with Crippen molar-refractivity contribution in [3.05, 3.63) is 24.3 Å². The second kappa shape index (κ2) is 7.31. The van der Waals surface area contributed by atoms with Gasteiger partial charge in [0.15, 0.2) is 5.58 Å². The van der Waals surface area contributed by atoms with E-state index in [0.29, 0.717) is 24.1 Å². The van der Waals surface area contributed by atoms with Gasteiger partial charge in [0, 0.05) is 5.75 Å². The van der Waals surface area contributed by atoms with Crippen LogP contribution < -0.4 is 5.32 Å². The number of hydrogen-bond acceptors (Lipinski definition) is 6. The number of nitrogens with zero attached hydrogens (tertiary/aromatic N) is 1. The fourth-order valence-corrected chi connectivity index (χ4v) is 2.64. The van der Waals surface area contributed by atoms with Crippen molar-refractivity contribution in [1.82, 2.24) is 10.3 Å². The first-order chi connectivity index (χ1) is 9.74. The largest absolute Gasteiger partial charge is 0.465 e. The summed E-state index contributed by atoms with van der Waals surface area (Å²) in [5, 5.41) is 3.67. The fourth-order valence-electron chi connectivity index (χ4n) is 1.77. The Labute approximate surface area is 122 Å². The van der Waals surface area contributed by atoms with Gasteiger partial charge in [0.2, 0.25) is 0 Å². The summed E-state index contributed by atoms with van der Waals surface area (Å²) in [6.07, 6.45) is 0. The standard InChI is InChI=1S/C14H18N2O3S/c1-3-15-11(13(17)18-4-2)9-20-14-16-10-7-5-6-8-12(10)19-14/h5-8,11,15H,3-4,9H2,1-2H3. The molecule has 0 spiro atoms. The topological polar surface area (TPSA) is 64.4 Å². The number of aromatic nitrogens is 1. The number of thioether (sulfide) groups is 1. The fraction of sp³-hybridized carbons (Fsp3) is 0.429. The van der Waals surface area contributed by atoms with Gasteiger partial charge in [0.25, 0.3) is 5.22 Å². The number of carbonyl (C=O) groups is 1. The predicted molar refractivity (Wildman–Crippen MR) is 78.8 cm³/mol. The molecule has 0 amide bonds. The molecule has 1 atom stereocenters. The molecule has 1 aromatic heterocycles. The van der Waals surface area contributed by atoms with E-state index in [1.54, 1.807) is 6.92 Å². The quantitative estimate of drug-likeness (QED) is 0.625. The molecule has 1 aromatic carbocycles. The molecule has 5 nitrogen and oxygen atoms in total. The van der Waals surface area contributed by atoms with Gasteiger partial charge in [0.05, 0.1) is 6.61 Å². The van der Waals surface area contributed by atoms with Crippen LogP contribution in [0.3, 0.4) is 0 Å². The smallest absolute Gasteiger partial charge is 0.323 e. The zero-order valence-electron chi connectivity index (χ0n) is 11.6. The number of benzene rings is 1. The van der Waals surface area contributed by atoms with Gasteiger partial charge < -0.3 is 14.5 Å². The summed E-state index contributed by atoms with van der Waals surface area (Å²) in [6.45, 7) is 4.84. The number of likely N-dealkylation sites (N-methyl/N-ethyl adjacent to an activating group) is 1. The predicted octanol–water partition coefficient (Wildman–Crippen LogP) is 2.46. The first-order valence-electron chi connectivity index (χ1n) is 6.63. The molecule has 0 fully saturated rings. The van der Waals surface area contributed by atoms with Crippen molar-refractivity contribution >= 4 is 28.8 Å². The molecule has 0 bridgehead atoms. The molecule has 108 valence electrons. The van der Waals surface area contributed by atoms with E-state index in [1.165, 1.54) is 11.8 Å². The lowest BCUT2D eigenvalue weighted by Gasteiger charge is -2.14. The minimum absolute atomic E-state index is 0.238. The van der Waals surface area contributed by atoms with Crippen molar-refractivity contribution in [3.63, 3.8) is 0 Å². The Bertz CT molecular complexity index is 537. The van der Waals surface area contributed by atoms with E-state index in [4.69, 9.17) is 9.15 Å². The Kier molecular flexibility index (Phi) is 5.43. The summed E-state index contributed by atoms with van der Waals surface area (Å²) in [6, 6.07) is 7.25. The summed E-state index contributed by atoms with van der Waals surface area (Å²) in [5.74, 6) is 0.289. The van der Waals surface area contributed by atoms with Gasteiger partial charge in [-0.05, 0) is 25.6 Å². The van der Waals surface area contributed by atoms with Gasteiger partial charge in [-0.1, -0.05) is 30.8 Å². The number of carbonyl (C=O) groups excluding carboxylic acids is 1. The molecule has 0 aliphatic rings. The Balaban J connectivity index is 1.99. The van der Waals surface area contributed by atoms with E-state index in [1.807, 2.05) is 31.2 Å². The summed E-state index contributed by atoms with van der Waals surface area (Å²) in [4.78, 5) is 16.1. The number of ether oxygens (including phenoxy) is 1. The second-order valence-electron chi connectivity index (χ2n) is 4.12. The molecule has 0 aliphatic carbocycles. The van der Waals surface area contributed by atoms with E-state index < -0.39 is 0 Å². The first-order valence-corrected chi connectivity index (χ1v) is 7.61. The van der Waals surface area contributed by atoms with Crippen molar-refractivity contribution in [2.75, 3.05) is 18.9 Å². The maximum Gasteiger partial charge on any atom is 0.323 e. The Morgan fingerprint density at radius 1 is 1.45 bits per heavy atom. The molecule has 1 unspecified atom stereocenters. The number of rotatable bonds is 7. The average Bonchev–Trinajstić information content (AvgIpc) is 2.86. The van der Waals surface area contributed by atoms with Crippen LogP contribution in [-0.2, 0) is 9.53 Å². The number of oxazole rings is 1. The van der Waals surface area contributed by atoms with E-state index >= 15 is 0 Å².